The quantitative estimate of drug-likeness (QED) is 0.592. The fourth-order valence-electron chi connectivity index (χ4n) is 3.19. The zero-order valence-corrected chi connectivity index (χ0v) is 18.7. The van der Waals surface area contributed by atoms with Crippen molar-refractivity contribution in [2.75, 3.05) is 13.1 Å². The molecular formula is C19H22Cl2N4OS2. The normalized spacial score (nSPS) is 16.1. The second-order valence-electron chi connectivity index (χ2n) is 6.96. The molecule has 0 radical (unpaired) electrons. The van der Waals surface area contributed by atoms with Crippen LogP contribution in [0.4, 0.5) is 0 Å². The zero-order valence-electron chi connectivity index (χ0n) is 15.5. The first-order chi connectivity index (χ1) is 13.5. The van der Waals surface area contributed by atoms with Gasteiger partial charge in [-0.3, -0.25) is 4.79 Å². The minimum atomic E-state index is -0.373. The van der Waals surface area contributed by atoms with Gasteiger partial charge < -0.3 is 9.47 Å². The van der Waals surface area contributed by atoms with Crippen molar-refractivity contribution < 1.29 is 4.79 Å². The second-order valence-corrected chi connectivity index (χ2v) is 10.1. The number of nitrogens with one attached hydrogen (secondary N) is 1. The van der Waals surface area contributed by atoms with Gasteiger partial charge in [-0.05, 0) is 55.3 Å². The number of hydrogen-bond donors (Lipinski definition) is 1. The van der Waals surface area contributed by atoms with Gasteiger partial charge in [0.05, 0.1) is 15.3 Å². The Balaban J connectivity index is 1.68. The van der Waals surface area contributed by atoms with Gasteiger partial charge in [0.2, 0.25) is 5.91 Å². The van der Waals surface area contributed by atoms with E-state index < -0.39 is 0 Å². The molecule has 9 heteroatoms. The lowest BCUT2D eigenvalue weighted by Crippen LogP contribution is -2.47. The number of aryl methyl sites for hydroxylation is 1. The number of nitrogens with zero attached hydrogens (tertiary/aromatic N) is 3. The van der Waals surface area contributed by atoms with E-state index in [1.54, 1.807) is 12.1 Å². The molecule has 1 amide bonds. The summed E-state index contributed by atoms with van der Waals surface area (Å²) in [7, 11) is 0. The summed E-state index contributed by atoms with van der Waals surface area (Å²) in [6, 6.07) is 7.22. The summed E-state index contributed by atoms with van der Waals surface area (Å²) in [5, 5.41) is 9.20. The highest BCUT2D eigenvalue weighted by Crippen LogP contribution is 2.36. The summed E-state index contributed by atoms with van der Waals surface area (Å²) >= 11 is 14.9. The summed E-state index contributed by atoms with van der Waals surface area (Å²) in [5.41, 5.74) is 0.596. The summed E-state index contributed by atoms with van der Waals surface area (Å²) in [6.45, 7) is 4.40. The van der Waals surface area contributed by atoms with E-state index in [4.69, 9.17) is 23.2 Å². The molecule has 0 aliphatic carbocycles. The highest BCUT2D eigenvalue weighted by atomic mass is 35.5. The molecule has 1 aliphatic rings. The second kappa shape index (κ2) is 10.0. The third kappa shape index (κ3) is 5.46. The lowest BCUT2D eigenvalue weighted by atomic mass is 9.98. The monoisotopic (exact) mass is 456 g/mol. The Bertz CT molecular complexity index is 852. The molecule has 28 heavy (non-hydrogen) atoms. The Hall–Kier alpha value is -1.17. The van der Waals surface area contributed by atoms with Crippen molar-refractivity contribution in [3.63, 3.8) is 0 Å². The fourth-order valence-corrected chi connectivity index (χ4v) is 5.71. The number of likely N-dealkylation sites (tertiary alicyclic amines) is 1. The Kier molecular flexibility index (Phi) is 7.72. The molecular weight excluding hydrogens is 435 g/mol. The summed E-state index contributed by atoms with van der Waals surface area (Å²) in [4.78, 5) is 15.9. The molecule has 0 aromatic carbocycles. The Morgan fingerprint density at radius 3 is 2.86 bits per heavy atom. The highest BCUT2D eigenvalue weighted by Gasteiger charge is 2.27. The number of amides is 1. The first-order valence-corrected chi connectivity index (χ1v) is 11.6. The van der Waals surface area contributed by atoms with Crippen molar-refractivity contribution in [3.8, 4) is 6.07 Å². The van der Waals surface area contributed by atoms with E-state index in [0.29, 0.717) is 33.3 Å². The lowest BCUT2D eigenvalue weighted by molar-refractivity contribution is -0.134. The van der Waals surface area contributed by atoms with Crippen molar-refractivity contribution in [1.82, 2.24) is 14.2 Å². The predicted octanol–water partition coefficient (Wildman–Crippen LogP) is 5.04. The van der Waals surface area contributed by atoms with E-state index in [-0.39, 0.29) is 11.9 Å². The number of halogens is 2. The summed E-state index contributed by atoms with van der Waals surface area (Å²) < 4.78 is 6.39. The standard InChI is InChI=1S/C19H22Cl2N4OS2/c1-13-4-8-25(9-5-13)19(26)15(6-10-24-7-2-3-14(24)12-22)23-28-16-11-17(20)27-18(16)21/h2-3,7,11,13,15,23H,4-6,8-10H2,1H3. The number of aromatic nitrogens is 1. The van der Waals surface area contributed by atoms with Crippen molar-refractivity contribution in [2.24, 2.45) is 5.92 Å². The average Bonchev–Trinajstić information content (AvgIpc) is 3.27. The van der Waals surface area contributed by atoms with E-state index in [0.717, 1.165) is 30.8 Å². The van der Waals surface area contributed by atoms with Crippen molar-refractivity contribution in [3.05, 3.63) is 38.8 Å². The average molecular weight is 457 g/mol. The van der Waals surface area contributed by atoms with Gasteiger partial charge in [0, 0.05) is 25.8 Å². The molecule has 1 fully saturated rings. The molecule has 1 saturated heterocycles. The Morgan fingerprint density at radius 2 is 2.21 bits per heavy atom. The number of hydrogen-bond acceptors (Lipinski definition) is 5. The van der Waals surface area contributed by atoms with Crippen LogP contribution >= 0.6 is 46.5 Å². The van der Waals surface area contributed by atoms with E-state index >= 15 is 0 Å². The van der Waals surface area contributed by atoms with E-state index in [1.807, 2.05) is 21.7 Å². The smallest absolute Gasteiger partial charge is 0.240 e. The van der Waals surface area contributed by atoms with Crippen LogP contribution in [0, 0.1) is 17.2 Å². The van der Waals surface area contributed by atoms with Gasteiger partial charge in [-0.1, -0.05) is 30.1 Å². The van der Waals surface area contributed by atoms with E-state index in [2.05, 4.69) is 17.7 Å². The molecule has 2 aromatic heterocycles. The minimum Gasteiger partial charge on any atom is -0.341 e. The third-order valence-corrected chi connectivity index (χ3v) is 7.61. The van der Waals surface area contributed by atoms with Crippen molar-refractivity contribution >= 4 is 52.4 Å². The van der Waals surface area contributed by atoms with Gasteiger partial charge in [-0.15, -0.1) is 11.3 Å². The largest absolute Gasteiger partial charge is 0.341 e. The van der Waals surface area contributed by atoms with Crippen LogP contribution in [0.3, 0.4) is 0 Å². The van der Waals surface area contributed by atoms with Gasteiger partial charge in [0.1, 0.15) is 16.1 Å². The molecule has 1 atom stereocenters. The van der Waals surface area contributed by atoms with Crippen LogP contribution in [0.15, 0.2) is 29.3 Å². The van der Waals surface area contributed by atoms with Crippen molar-refractivity contribution in [1.29, 1.82) is 5.26 Å². The lowest BCUT2D eigenvalue weighted by Gasteiger charge is -2.33. The zero-order chi connectivity index (χ0) is 20.1. The topological polar surface area (TPSA) is 61.1 Å². The third-order valence-electron chi connectivity index (χ3n) is 4.93. The number of thiophene rings is 1. The first-order valence-electron chi connectivity index (χ1n) is 9.19. The van der Waals surface area contributed by atoms with Gasteiger partial charge in [-0.2, -0.15) is 5.26 Å². The van der Waals surface area contributed by atoms with Crippen molar-refractivity contribution in [2.45, 2.75) is 43.7 Å². The highest BCUT2D eigenvalue weighted by molar-refractivity contribution is 7.97. The number of carbonyl (C=O) groups excluding carboxylic acids is 1. The molecule has 0 saturated carbocycles. The maximum absolute atomic E-state index is 13.1. The summed E-state index contributed by atoms with van der Waals surface area (Å²) in [5.74, 6) is 0.761. The van der Waals surface area contributed by atoms with Crippen LogP contribution in [-0.2, 0) is 11.3 Å². The molecule has 1 unspecified atom stereocenters. The Morgan fingerprint density at radius 1 is 1.46 bits per heavy atom. The van der Waals surface area contributed by atoms with Crippen LogP contribution in [0.5, 0.6) is 0 Å². The van der Waals surface area contributed by atoms with E-state index in [9.17, 15) is 10.1 Å². The van der Waals surface area contributed by atoms with Gasteiger partial charge >= 0.3 is 0 Å². The first kappa shape index (κ1) is 21.5. The van der Waals surface area contributed by atoms with Crippen LogP contribution in [0.2, 0.25) is 8.67 Å². The predicted molar refractivity (Wildman–Crippen MR) is 116 cm³/mol. The molecule has 0 spiro atoms. The molecule has 0 bridgehead atoms. The van der Waals surface area contributed by atoms with E-state index in [1.165, 1.54) is 23.3 Å². The number of rotatable bonds is 7. The molecule has 3 rings (SSSR count). The molecule has 2 aromatic rings. The number of piperidine rings is 1. The van der Waals surface area contributed by atoms with Crippen LogP contribution < -0.4 is 4.72 Å². The summed E-state index contributed by atoms with van der Waals surface area (Å²) in [6.07, 6.45) is 4.52. The van der Waals surface area contributed by atoms with Crippen LogP contribution in [-0.4, -0.2) is 34.5 Å². The maximum Gasteiger partial charge on any atom is 0.240 e. The molecule has 150 valence electrons. The number of carbonyl (C=O) groups is 1. The SMILES string of the molecule is CC1CCN(C(=O)C(CCn2cccc2C#N)NSc2cc(Cl)sc2Cl)CC1. The molecule has 1 aliphatic heterocycles. The van der Waals surface area contributed by atoms with Gasteiger partial charge in [0.15, 0.2) is 0 Å². The molecule has 3 heterocycles. The maximum atomic E-state index is 13.1. The van der Waals surface area contributed by atoms with Crippen LogP contribution in [0.1, 0.15) is 31.9 Å². The minimum absolute atomic E-state index is 0.0995. The molecule has 5 nitrogen and oxygen atoms in total. The number of nitriles is 1. The Labute approximate surface area is 183 Å². The van der Waals surface area contributed by atoms with Crippen LogP contribution in [0.25, 0.3) is 0 Å². The van der Waals surface area contributed by atoms with Gasteiger partial charge in [-0.25, -0.2) is 4.72 Å². The van der Waals surface area contributed by atoms with Gasteiger partial charge in [0.25, 0.3) is 0 Å². The fraction of sp³-hybridized carbons (Fsp3) is 0.474. The molecule has 1 N–H and O–H groups in total.